The van der Waals surface area contributed by atoms with Gasteiger partial charge in [-0.25, -0.2) is 4.79 Å². The Hall–Kier alpha value is -1.88. The molecule has 5 heteroatoms. The number of amides is 1. The minimum Gasteiger partial charge on any atom is -0.478 e. The molecule has 20 heavy (non-hydrogen) atoms. The van der Waals surface area contributed by atoms with Crippen LogP contribution in [-0.4, -0.2) is 54.0 Å². The molecule has 108 valence electrons. The molecule has 0 saturated carbocycles. The van der Waals surface area contributed by atoms with Gasteiger partial charge in [0, 0.05) is 40.2 Å². The molecule has 1 aromatic carbocycles. The number of hydrogen-bond donors (Lipinski definition) is 1. The van der Waals surface area contributed by atoms with Crippen LogP contribution in [0.1, 0.15) is 27.9 Å². The molecule has 0 bridgehead atoms. The van der Waals surface area contributed by atoms with E-state index in [1.807, 2.05) is 6.07 Å². The van der Waals surface area contributed by atoms with Gasteiger partial charge in [-0.05, 0) is 29.7 Å². The number of carbonyl (C=O) groups is 2. The van der Waals surface area contributed by atoms with Gasteiger partial charge in [-0.2, -0.15) is 0 Å². The van der Waals surface area contributed by atoms with Gasteiger partial charge in [0.1, 0.15) is 0 Å². The van der Waals surface area contributed by atoms with E-state index in [-0.39, 0.29) is 5.91 Å². The summed E-state index contributed by atoms with van der Waals surface area (Å²) in [7, 11) is 3.51. The van der Waals surface area contributed by atoms with Crippen LogP contribution in [0.3, 0.4) is 0 Å². The van der Waals surface area contributed by atoms with E-state index in [4.69, 9.17) is 5.11 Å². The molecule has 1 heterocycles. The van der Waals surface area contributed by atoms with Gasteiger partial charge < -0.3 is 10.0 Å². The molecule has 0 spiro atoms. The Balaban J connectivity index is 2.00. The van der Waals surface area contributed by atoms with Crippen LogP contribution in [0, 0.1) is 0 Å². The first kappa shape index (κ1) is 14.5. The van der Waals surface area contributed by atoms with Gasteiger partial charge >= 0.3 is 5.97 Å². The van der Waals surface area contributed by atoms with Crippen molar-refractivity contribution in [3.05, 3.63) is 34.9 Å². The molecular weight excluding hydrogens is 256 g/mol. The molecular formula is C15H20N2O3. The van der Waals surface area contributed by atoms with Crippen molar-refractivity contribution in [1.82, 2.24) is 9.80 Å². The number of carboxylic acids is 1. The Morgan fingerprint density at radius 2 is 2.05 bits per heavy atom. The largest absolute Gasteiger partial charge is 0.478 e. The van der Waals surface area contributed by atoms with Crippen LogP contribution in [0.25, 0.3) is 0 Å². The third-order valence-corrected chi connectivity index (χ3v) is 3.69. The molecule has 0 aromatic heterocycles. The average molecular weight is 276 g/mol. The minimum absolute atomic E-state index is 0.120. The number of nitrogens with zero attached hydrogens (tertiary/aromatic N) is 2. The molecule has 5 nitrogen and oxygen atoms in total. The molecule has 0 atom stereocenters. The van der Waals surface area contributed by atoms with Crippen LogP contribution in [-0.2, 0) is 17.8 Å². The van der Waals surface area contributed by atoms with Crippen LogP contribution >= 0.6 is 0 Å². The van der Waals surface area contributed by atoms with E-state index >= 15 is 0 Å². The molecule has 1 N–H and O–H groups in total. The molecule has 1 aliphatic rings. The third-order valence-electron chi connectivity index (χ3n) is 3.69. The zero-order chi connectivity index (χ0) is 14.7. The third kappa shape index (κ3) is 3.36. The van der Waals surface area contributed by atoms with Crippen molar-refractivity contribution < 1.29 is 14.7 Å². The van der Waals surface area contributed by atoms with E-state index in [9.17, 15) is 9.59 Å². The molecule has 0 radical (unpaired) electrons. The summed E-state index contributed by atoms with van der Waals surface area (Å²) in [5.41, 5.74) is 2.61. The highest BCUT2D eigenvalue weighted by atomic mass is 16.4. The molecule has 1 aromatic rings. The lowest BCUT2D eigenvalue weighted by Gasteiger charge is -2.29. The van der Waals surface area contributed by atoms with Crippen molar-refractivity contribution in [2.75, 3.05) is 27.2 Å². The number of hydrogen-bond acceptors (Lipinski definition) is 3. The fourth-order valence-corrected chi connectivity index (χ4v) is 2.42. The lowest BCUT2D eigenvalue weighted by Crippen LogP contribution is -2.34. The number of rotatable bonds is 4. The first-order valence-corrected chi connectivity index (χ1v) is 6.75. The second-order valence-corrected chi connectivity index (χ2v) is 5.35. The summed E-state index contributed by atoms with van der Waals surface area (Å²) in [6.45, 7) is 2.35. The second kappa shape index (κ2) is 6.05. The zero-order valence-electron chi connectivity index (χ0n) is 11.9. The lowest BCUT2D eigenvalue weighted by atomic mass is 9.97. The van der Waals surface area contributed by atoms with E-state index in [0.717, 1.165) is 25.1 Å². The Morgan fingerprint density at radius 3 is 2.70 bits per heavy atom. The van der Waals surface area contributed by atoms with Crippen LogP contribution < -0.4 is 0 Å². The topological polar surface area (TPSA) is 60.9 Å². The minimum atomic E-state index is -0.896. The average Bonchev–Trinajstić information content (AvgIpc) is 2.43. The van der Waals surface area contributed by atoms with Gasteiger partial charge in [0.25, 0.3) is 0 Å². The molecule has 1 aliphatic heterocycles. The number of aromatic carboxylic acids is 1. The van der Waals surface area contributed by atoms with Crippen molar-refractivity contribution >= 4 is 11.9 Å². The Kier molecular flexibility index (Phi) is 4.39. The second-order valence-electron chi connectivity index (χ2n) is 5.35. The number of benzene rings is 1. The van der Waals surface area contributed by atoms with Gasteiger partial charge in [0.15, 0.2) is 0 Å². The standard InChI is InChI=1S/C15H20N2O3/c1-16(2)14(18)6-8-17-7-5-11-3-4-12(15(19)20)9-13(11)10-17/h3-4,9H,5-8,10H2,1-2H3,(H,19,20). The summed E-state index contributed by atoms with van der Waals surface area (Å²) in [6.07, 6.45) is 1.41. The SMILES string of the molecule is CN(C)C(=O)CCN1CCc2ccc(C(=O)O)cc2C1. The molecule has 0 fully saturated rings. The number of fused-ring (bicyclic) bond motifs is 1. The smallest absolute Gasteiger partial charge is 0.335 e. The summed E-state index contributed by atoms with van der Waals surface area (Å²) in [4.78, 5) is 26.4. The summed E-state index contributed by atoms with van der Waals surface area (Å²) >= 11 is 0. The monoisotopic (exact) mass is 276 g/mol. The van der Waals surface area contributed by atoms with Crippen molar-refractivity contribution in [3.63, 3.8) is 0 Å². The summed E-state index contributed by atoms with van der Waals surface area (Å²) in [6, 6.07) is 5.31. The molecule has 1 amide bonds. The van der Waals surface area contributed by atoms with E-state index in [1.54, 1.807) is 31.1 Å². The van der Waals surface area contributed by atoms with Gasteiger partial charge in [0.05, 0.1) is 5.56 Å². The summed E-state index contributed by atoms with van der Waals surface area (Å²) in [5.74, 6) is -0.775. The normalized spacial score (nSPS) is 14.7. The first-order chi connectivity index (χ1) is 9.47. The number of carboxylic acid groups (broad SMARTS) is 1. The van der Waals surface area contributed by atoms with Crippen molar-refractivity contribution in [2.45, 2.75) is 19.4 Å². The Bertz CT molecular complexity index is 526. The van der Waals surface area contributed by atoms with Gasteiger partial charge in [-0.1, -0.05) is 6.07 Å². The first-order valence-electron chi connectivity index (χ1n) is 6.75. The fraction of sp³-hybridized carbons (Fsp3) is 0.467. The van der Waals surface area contributed by atoms with Crippen molar-refractivity contribution in [3.8, 4) is 0 Å². The highest BCUT2D eigenvalue weighted by Gasteiger charge is 2.18. The molecule has 0 saturated heterocycles. The van der Waals surface area contributed by atoms with Gasteiger partial charge in [0.2, 0.25) is 5.91 Å². The fourth-order valence-electron chi connectivity index (χ4n) is 2.42. The number of carbonyl (C=O) groups excluding carboxylic acids is 1. The molecule has 2 rings (SSSR count). The van der Waals surface area contributed by atoms with Crippen LogP contribution in [0.15, 0.2) is 18.2 Å². The van der Waals surface area contributed by atoms with Crippen LogP contribution in [0.5, 0.6) is 0 Å². The summed E-state index contributed by atoms with van der Waals surface area (Å²) < 4.78 is 0. The highest BCUT2D eigenvalue weighted by Crippen LogP contribution is 2.20. The van der Waals surface area contributed by atoms with Crippen molar-refractivity contribution in [1.29, 1.82) is 0 Å². The van der Waals surface area contributed by atoms with E-state index in [2.05, 4.69) is 4.90 Å². The molecule has 0 aliphatic carbocycles. The molecule has 0 unspecified atom stereocenters. The van der Waals surface area contributed by atoms with Crippen LogP contribution in [0.4, 0.5) is 0 Å². The maximum absolute atomic E-state index is 11.6. The Labute approximate surface area is 118 Å². The van der Waals surface area contributed by atoms with Crippen LogP contribution in [0.2, 0.25) is 0 Å². The van der Waals surface area contributed by atoms with E-state index < -0.39 is 5.97 Å². The predicted octanol–water partition coefficient (Wildman–Crippen LogP) is 1.22. The van der Waals surface area contributed by atoms with Crippen molar-refractivity contribution in [2.24, 2.45) is 0 Å². The lowest BCUT2D eigenvalue weighted by molar-refractivity contribution is -0.129. The summed E-state index contributed by atoms with van der Waals surface area (Å²) in [5, 5.41) is 9.03. The quantitative estimate of drug-likeness (QED) is 0.898. The zero-order valence-corrected chi connectivity index (χ0v) is 11.9. The maximum Gasteiger partial charge on any atom is 0.335 e. The van der Waals surface area contributed by atoms with Gasteiger partial charge in [-0.15, -0.1) is 0 Å². The Morgan fingerprint density at radius 1 is 1.30 bits per heavy atom. The highest BCUT2D eigenvalue weighted by molar-refractivity contribution is 5.87. The maximum atomic E-state index is 11.6. The predicted molar refractivity (Wildman–Crippen MR) is 75.7 cm³/mol. The van der Waals surface area contributed by atoms with E-state index in [0.29, 0.717) is 18.5 Å². The van der Waals surface area contributed by atoms with Gasteiger partial charge in [-0.3, -0.25) is 9.69 Å². The van der Waals surface area contributed by atoms with E-state index in [1.165, 1.54) is 5.56 Å².